The maximum atomic E-state index is 10.3. The first kappa shape index (κ1) is 7.67. The Morgan fingerprint density at radius 3 is 3.00 bits per heavy atom. The number of carbonyl (C=O) groups excluding carboxylic acids is 1. The summed E-state index contributed by atoms with van der Waals surface area (Å²) in [5.41, 5.74) is 0.911. The number of hydrogen-bond acceptors (Lipinski definition) is 4. The van der Waals surface area contributed by atoms with E-state index < -0.39 is 0 Å². The topological polar surface area (TPSA) is 63.1 Å². The third kappa shape index (κ3) is 1.12. The van der Waals surface area contributed by atoms with E-state index in [9.17, 15) is 9.90 Å². The second-order valence-corrected chi connectivity index (χ2v) is 2.49. The first-order valence-electron chi connectivity index (χ1n) is 3.64. The molecular weight excluding hydrogens is 168 g/mol. The molecule has 4 heteroatoms. The van der Waals surface area contributed by atoms with Crippen molar-refractivity contribution in [2.45, 2.75) is 0 Å². The summed E-state index contributed by atoms with van der Waals surface area (Å²) >= 11 is 0. The lowest BCUT2D eigenvalue weighted by atomic mass is 10.2. The van der Waals surface area contributed by atoms with Crippen molar-refractivity contribution in [3.05, 3.63) is 30.1 Å². The first-order chi connectivity index (χ1) is 6.33. The summed E-state index contributed by atoms with van der Waals surface area (Å²) in [7, 11) is 0. The van der Waals surface area contributed by atoms with Gasteiger partial charge in [0.1, 0.15) is 5.52 Å². The number of aromatic hydroxyl groups is 1. The largest absolute Gasteiger partial charge is 0.505 e. The predicted octanol–water partition coefficient (Wildman–Crippen LogP) is 0.793. The lowest BCUT2D eigenvalue weighted by molar-refractivity contribution is 0.476. The Balaban J connectivity index is 2.86. The number of rotatable bonds is 1. The number of hydrogen-bond donors (Lipinski definition) is 1. The highest BCUT2D eigenvalue weighted by molar-refractivity contribution is 5.90. The summed E-state index contributed by atoms with van der Waals surface area (Å²) in [5.74, 6) is -0.166. The fraction of sp³-hybridized carbons (Fsp3) is 0. The molecule has 63 valence electrons. The number of pyridine rings is 2. The highest BCUT2D eigenvalue weighted by atomic mass is 16.3. The number of nitrogens with zero attached hydrogens (tertiary/aromatic N) is 2. The molecule has 0 aliphatic rings. The molecule has 1 N–H and O–H groups in total. The van der Waals surface area contributed by atoms with Gasteiger partial charge in [-0.15, -0.1) is 0 Å². The number of fused-ring (bicyclic) bond motifs is 1. The minimum atomic E-state index is -0.166. The van der Waals surface area contributed by atoms with Crippen LogP contribution in [-0.2, 0) is 4.79 Å². The van der Waals surface area contributed by atoms with Gasteiger partial charge in [-0.2, -0.15) is 0 Å². The maximum absolute atomic E-state index is 10.3. The van der Waals surface area contributed by atoms with Gasteiger partial charge < -0.3 is 5.11 Å². The highest BCUT2D eigenvalue weighted by Gasteiger charge is 2.07. The van der Waals surface area contributed by atoms with Crippen LogP contribution in [0.1, 0.15) is 5.56 Å². The SMILES string of the molecule is O=[C]c1cnc2cccnc2c1O. The van der Waals surface area contributed by atoms with Gasteiger partial charge in [0.25, 0.3) is 0 Å². The summed E-state index contributed by atoms with van der Waals surface area (Å²) in [4.78, 5) is 18.1. The van der Waals surface area contributed by atoms with Gasteiger partial charge in [-0.05, 0) is 12.1 Å². The van der Waals surface area contributed by atoms with Crippen molar-refractivity contribution < 1.29 is 9.90 Å². The van der Waals surface area contributed by atoms with Crippen LogP contribution >= 0.6 is 0 Å². The van der Waals surface area contributed by atoms with Crippen LogP contribution in [-0.4, -0.2) is 21.4 Å². The Morgan fingerprint density at radius 1 is 1.38 bits per heavy atom. The van der Waals surface area contributed by atoms with Crippen molar-refractivity contribution in [2.75, 3.05) is 0 Å². The van der Waals surface area contributed by atoms with E-state index in [2.05, 4.69) is 9.97 Å². The molecule has 0 fully saturated rings. The molecule has 0 spiro atoms. The third-order valence-corrected chi connectivity index (χ3v) is 1.71. The van der Waals surface area contributed by atoms with Crippen LogP contribution in [0.2, 0.25) is 0 Å². The molecule has 0 bridgehead atoms. The minimum absolute atomic E-state index is 0.0335. The van der Waals surface area contributed by atoms with E-state index in [1.54, 1.807) is 18.4 Å². The zero-order valence-electron chi connectivity index (χ0n) is 6.56. The monoisotopic (exact) mass is 173 g/mol. The summed E-state index contributed by atoms with van der Waals surface area (Å²) in [6.45, 7) is 0. The van der Waals surface area contributed by atoms with Crippen LogP contribution in [0.25, 0.3) is 11.0 Å². The molecule has 1 radical (unpaired) electrons. The molecule has 0 saturated carbocycles. The molecule has 0 saturated heterocycles. The Hall–Kier alpha value is -1.97. The lowest BCUT2D eigenvalue weighted by Gasteiger charge is -1.99. The van der Waals surface area contributed by atoms with E-state index in [0.29, 0.717) is 11.0 Å². The smallest absolute Gasteiger partial charge is 0.239 e. The molecule has 2 aromatic rings. The van der Waals surface area contributed by atoms with E-state index in [1.165, 1.54) is 12.4 Å². The van der Waals surface area contributed by atoms with E-state index in [-0.39, 0.29) is 11.3 Å². The van der Waals surface area contributed by atoms with Crippen molar-refractivity contribution in [2.24, 2.45) is 0 Å². The quantitative estimate of drug-likeness (QED) is 0.692. The van der Waals surface area contributed by atoms with Gasteiger partial charge >= 0.3 is 0 Å². The second kappa shape index (κ2) is 2.82. The Morgan fingerprint density at radius 2 is 2.23 bits per heavy atom. The molecule has 4 nitrogen and oxygen atoms in total. The van der Waals surface area contributed by atoms with E-state index >= 15 is 0 Å². The zero-order valence-corrected chi connectivity index (χ0v) is 6.56. The fourth-order valence-electron chi connectivity index (χ4n) is 1.08. The Labute approximate surface area is 73.9 Å². The van der Waals surface area contributed by atoms with Gasteiger partial charge in [0.2, 0.25) is 6.29 Å². The zero-order chi connectivity index (χ0) is 9.26. The van der Waals surface area contributed by atoms with Gasteiger partial charge in [0.15, 0.2) is 5.75 Å². The maximum Gasteiger partial charge on any atom is 0.239 e. The molecule has 0 aliphatic carbocycles. The Kier molecular flexibility index (Phi) is 1.66. The van der Waals surface area contributed by atoms with E-state index in [4.69, 9.17) is 0 Å². The van der Waals surface area contributed by atoms with Crippen LogP contribution in [0.3, 0.4) is 0 Å². The van der Waals surface area contributed by atoms with Crippen LogP contribution in [0.4, 0.5) is 0 Å². The summed E-state index contributed by atoms with van der Waals surface area (Å²) in [6.07, 6.45) is 4.38. The van der Waals surface area contributed by atoms with Crippen molar-refractivity contribution in [1.82, 2.24) is 9.97 Å². The minimum Gasteiger partial charge on any atom is -0.505 e. The molecular formula is C9H5N2O2. The normalized spacial score (nSPS) is 10.2. The molecule has 2 heterocycles. The van der Waals surface area contributed by atoms with Crippen LogP contribution in [0.15, 0.2) is 24.5 Å². The molecule has 0 amide bonds. The summed E-state index contributed by atoms with van der Waals surface area (Å²) in [6, 6.07) is 3.41. The van der Waals surface area contributed by atoms with Crippen LogP contribution in [0.5, 0.6) is 5.75 Å². The standard InChI is InChI=1S/C9H5N2O2/c12-5-6-4-11-7-2-1-3-10-8(7)9(6)13/h1-4H,(H,11,13). The third-order valence-electron chi connectivity index (χ3n) is 1.71. The van der Waals surface area contributed by atoms with Crippen molar-refractivity contribution in [3.8, 4) is 5.75 Å². The summed E-state index contributed by atoms with van der Waals surface area (Å²) < 4.78 is 0. The van der Waals surface area contributed by atoms with Crippen LogP contribution < -0.4 is 0 Å². The highest BCUT2D eigenvalue weighted by Crippen LogP contribution is 2.22. The molecule has 2 rings (SSSR count). The van der Waals surface area contributed by atoms with Gasteiger partial charge in [0.05, 0.1) is 11.1 Å². The van der Waals surface area contributed by atoms with Gasteiger partial charge in [0, 0.05) is 12.4 Å². The first-order valence-corrected chi connectivity index (χ1v) is 3.64. The van der Waals surface area contributed by atoms with E-state index in [0.717, 1.165) is 0 Å². The van der Waals surface area contributed by atoms with E-state index in [1.807, 2.05) is 0 Å². The molecule has 2 aromatic heterocycles. The van der Waals surface area contributed by atoms with Crippen molar-refractivity contribution in [3.63, 3.8) is 0 Å². The van der Waals surface area contributed by atoms with Crippen molar-refractivity contribution >= 4 is 17.3 Å². The number of aromatic nitrogens is 2. The Bertz CT molecular complexity index is 468. The molecule has 0 aliphatic heterocycles. The fourth-order valence-corrected chi connectivity index (χ4v) is 1.08. The van der Waals surface area contributed by atoms with Gasteiger partial charge in [-0.3, -0.25) is 14.8 Å². The average Bonchev–Trinajstić information content (AvgIpc) is 2.19. The second-order valence-electron chi connectivity index (χ2n) is 2.49. The van der Waals surface area contributed by atoms with Crippen molar-refractivity contribution in [1.29, 1.82) is 0 Å². The molecule has 0 atom stereocenters. The molecule has 0 aromatic carbocycles. The van der Waals surface area contributed by atoms with Crippen LogP contribution in [0, 0.1) is 0 Å². The van der Waals surface area contributed by atoms with Gasteiger partial charge in [-0.1, -0.05) is 0 Å². The lowest BCUT2D eigenvalue weighted by Crippen LogP contribution is -1.88. The molecule has 13 heavy (non-hydrogen) atoms. The van der Waals surface area contributed by atoms with Gasteiger partial charge in [-0.25, -0.2) is 0 Å². The summed E-state index contributed by atoms with van der Waals surface area (Å²) in [5, 5.41) is 9.48. The average molecular weight is 173 g/mol. The molecule has 0 unspecified atom stereocenters. The predicted molar refractivity (Wildman–Crippen MR) is 46.0 cm³/mol.